The number of pyridine rings is 1. The van der Waals surface area contributed by atoms with Crippen molar-refractivity contribution in [1.82, 2.24) is 9.88 Å². The second-order valence-corrected chi connectivity index (χ2v) is 6.41. The van der Waals surface area contributed by atoms with Crippen molar-refractivity contribution in [2.75, 3.05) is 50.1 Å². The van der Waals surface area contributed by atoms with Crippen molar-refractivity contribution >= 4 is 23.3 Å². The predicted octanol–water partition coefficient (Wildman–Crippen LogP) is 2.05. The number of anilines is 2. The van der Waals surface area contributed by atoms with Gasteiger partial charge in [-0.05, 0) is 12.1 Å². The standard InChI is InChI=1S/C19H19F3N4O3/c1-29-11-17(27)24-13-2-3-16(23-10-13)25-4-6-26(7-5-25)19(28)18-14(21)8-12(20)9-15(18)22/h2-3,8-10H,4-7,11H2,1H3,(H,24,27). The third kappa shape index (κ3) is 4.83. The molecule has 0 saturated carbocycles. The summed E-state index contributed by atoms with van der Waals surface area (Å²) in [5.74, 6) is -3.99. The Kier molecular flexibility index (Phi) is 6.32. The Morgan fingerprint density at radius 3 is 2.31 bits per heavy atom. The molecule has 0 bridgehead atoms. The van der Waals surface area contributed by atoms with E-state index < -0.39 is 28.9 Å². The fourth-order valence-electron chi connectivity index (χ4n) is 3.02. The van der Waals surface area contributed by atoms with Crippen LogP contribution in [0.2, 0.25) is 0 Å². The second-order valence-electron chi connectivity index (χ2n) is 6.41. The van der Waals surface area contributed by atoms with E-state index in [1.165, 1.54) is 18.2 Å². The van der Waals surface area contributed by atoms with E-state index in [1.54, 1.807) is 12.1 Å². The van der Waals surface area contributed by atoms with Gasteiger partial charge in [-0.15, -0.1) is 0 Å². The lowest BCUT2D eigenvalue weighted by molar-refractivity contribution is -0.119. The zero-order chi connectivity index (χ0) is 21.0. The largest absolute Gasteiger partial charge is 0.375 e. The number of piperazine rings is 1. The Bertz CT molecular complexity index is 877. The van der Waals surface area contributed by atoms with Gasteiger partial charge in [0.15, 0.2) is 0 Å². The molecule has 2 heterocycles. The van der Waals surface area contributed by atoms with Gasteiger partial charge >= 0.3 is 0 Å². The number of ether oxygens (including phenoxy) is 1. The number of methoxy groups -OCH3 is 1. The highest BCUT2D eigenvalue weighted by molar-refractivity contribution is 5.95. The Hall–Kier alpha value is -3.14. The van der Waals surface area contributed by atoms with Crippen LogP contribution in [-0.4, -0.2) is 61.6 Å². The first kappa shape index (κ1) is 20.6. The molecule has 154 valence electrons. The lowest BCUT2D eigenvalue weighted by atomic mass is 10.1. The van der Waals surface area contributed by atoms with Gasteiger partial charge in [0.25, 0.3) is 5.91 Å². The van der Waals surface area contributed by atoms with Crippen LogP contribution in [0.1, 0.15) is 10.4 Å². The molecule has 0 unspecified atom stereocenters. The first-order valence-electron chi connectivity index (χ1n) is 8.82. The lowest BCUT2D eigenvalue weighted by Gasteiger charge is -2.35. The van der Waals surface area contributed by atoms with Crippen molar-refractivity contribution in [2.45, 2.75) is 0 Å². The maximum absolute atomic E-state index is 13.8. The highest BCUT2D eigenvalue weighted by Gasteiger charge is 2.27. The molecule has 1 aromatic heterocycles. The maximum atomic E-state index is 13.8. The molecule has 29 heavy (non-hydrogen) atoms. The van der Waals surface area contributed by atoms with Crippen molar-refractivity contribution in [3.8, 4) is 0 Å². The molecule has 1 aliphatic rings. The van der Waals surface area contributed by atoms with Crippen LogP contribution in [-0.2, 0) is 9.53 Å². The van der Waals surface area contributed by atoms with Gasteiger partial charge in [0.1, 0.15) is 35.4 Å². The molecule has 0 atom stereocenters. The molecular weight excluding hydrogens is 389 g/mol. The summed E-state index contributed by atoms with van der Waals surface area (Å²) in [4.78, 5) is 31.4. The SMILES string of the molecule is COCC(=O)Nc1ccc(N2CCN(C(=O)c3c(F)cc(F)cc3F)CC2)nc1. The van der Waals surface area contributed by atoms with Gasteiger partial charge in [-0.2, -0.15) is 0 Å². The summed E-state index contributed by atoms with van der Waals surface area (Å²) in [5, 5.41) is 2.63. The molecule has 7 nitrogen and oxygen atoms in total. The Labute approximate surface area is 165 Å². The van der Waals surface area contributed by atoms with Gasteiger partial charge in [0.2, 0.25) is 5.91 Å². The molecule has 2 aromatic rings. The summed E-state index contributed by atoms with van der Waals surface area (Å²) in [7, 11) is 1.42. The maximum Gasteiger partial charge on any atom is 0.259 e. The van der Waals surface area contributed by atoms with Crippen LogP contribution in [0.25, 0.3) is 0 Å². The van der Waals surface area contributed by atoms with E-state index >= 15 is 0 Å². The number of hydrogen-bond donors (Lipinski definition) is 1. The number of benzene rings is 1. The number of carbonyl (C=O) groups excluding carboxylic acids is 2. The first-order valence-corrected chi connectivity index (χ1v) is 8.82. The lowest BCUT2D eigenvalue weighted by Crippen LogP contribution is -2.49. The number of carbonyl (C=O) groups is 2. The van der Waals surface area contributed by atoms with Gasteiger partial charge in [0.05, 0.1) is 11.9 Å². The molecular formula is C19H19F3N4O3. The predicted molar refractivity (Wildman–Crippen MR) is 99.2 cm³/mol. The van der Waals surface area contributed by atoms with Crippen molar-refractivity contribution < 1.29 is 27.5 Å². The number of nitrogens with zero attached hydrogens (tertiary/aromatic N) is 3. The van der Waals surface area contributed by atoms with Crippen molar-refractivity contribution in [2.24, 2.45) is 0 Å². The zero-order valence-corrected chi connectivity index (χ0v) is 15.6. The zero-order valence-electron chi connectivity index (χ0n) is 15.6. The average molecular weight is 408 g/mol. The topological polar surface area (TPSA) is 74.8 Å². The summed E-state index contributed by atoms with van der Waals surface area (Å²) in [6, 6.07) is 4.39. The summed E-state index contributed by atoms with van der Waals surface area (Å²) in [5.41, 5.74) is -0.235. The van der Waals surface area contributed by atoms with Crippen molar-refractivity contribution in [3.05, 3.63) is 53.5 Å². The Balaban J connectivity index is 1.60. The monoisotopic (exact) mass is 408 g/mol. The van der Waals surface area contributed by atoms with E-state index in [1.807, 2.05) is 4.90 Å². The minimum Gasteiger partial charge on any atom is -0.375 e. The smallest absolute Gasteiger partial charge is 0.259 e. The molecule has 0 radical (unpaired) electrons. The quantitative estimate of drug-likeness (QED) is 0.820. The van der Waals surface area contributed by atoms with Crippen LogP contribution in [0.15, 0.2) is 30.5 Å². The van der Waals surface area contributed by atoms with Gasteiger partial charge in [-0.25, -0.2) is 18.2 Å². The van der Waals surface area contributed by atoms with Crippen LogP contribution in [0.5, 0.6) is 0 Å². The van der Waals surface area contributed by atoms with E-state index in [2.05, 4.69) is 10.3 Å². The molecule has 1 N–H and O–H groups in total. The number of amides is 2. The van der Waals surface area contributed by atoms with Crippen LogP contribution in [0, 0.1) is 17.5 Å². The molecule has 1 aromatic carbocycles. The van der Waals surface area contributed by atoms with E-state index in [0.29, 0.717) is 36.7 Å². The molecule has 0 spiro atoms. The highest BCUT2D eigenvalue weighted by Crippen LogP contribution is 2.20. The summed E-state index contributed by atoms with van der Waals surface area (Å²) >= 11 is 0. The van der Waals surface area contributed by atoms with Gasteiger partial charge in [0, 0.05) is 45.4 Å². The third-order valence-corrected chi connectivity index (χ3v) is 4.42. The summed E-state index contributed by atoms with van der Waals surface area (Å²) < 4.78 is 45.5. The molecule has 1 fully saturated rings. The first-order chi connectivity index (χ1) is 13.9. The van der Waals surface area contributed by atoms with Gasteiger partial charge in [-0.3, -0.25) is 9.59 Å². The number of halogens is 3. The van der Waals surface area contributed by atoms with Crippen LogP contribution in [0.3, 0.4) is 0 Å². The fourth-order valence-corrected chi connectivity index (χ4v) is 3.02. The van der Waals surface area contributed by atoms with E-state index in [-0.39, 0.29) is 25.6 Å². The minimum absolute atomic E-state index is 0.0625. The van der Waals surface area contributed by atoms with Crippen molar-refractivity contribution in [1.29, 1.82) is 0 Å². The van der Waals surface area contributed by atoms with Gasteiger partial charge < -0.3 is 19.9 Å². The van der Waals surface area contributed by atoms with E-state index in [0.717, 1.165) is 0 Å². The third-order valence-electron chi connectivity index (χ3n) is 4.42. The Morgan fingerprint density at radius 2 is 1.76 bits per heavy atom. The molecule has 10 heteroatoms. The van der Waals surface area contributed by atoms with E-state index in [4.69, 9.17) is 4.74 Å². The number of nitrogens with one attached hydrogen (secondary N) is 1. The number of aromatic nitrogens is 1. The Morgan fingerprint density at radius 1 is 1.10 bits per heavy atom. The van der Waals surface area contributed by atoms with E-state index in [9.17, 15) is 22.8 Å². The highest BCUT2D eigenvalue weighted by atomic mass is 19.1. The van der Waals surface area contributed by atoms with Gasteiger partial charge in [-0.1, -0.05) is 0 Å². The molecule has 1 saturated heterocycles. The molecule has 2 amide bonds. The molecule has 0 aliphatic carbocycles. The summed E-state index contributed by atoms with van der Waals surface area (Å²) in [6.07, 6.45) is 1.50. The summed E-state index contributed by atoms with van der Waals surface area (Å²) in [6.45, 7) is 1.19. The minimum atomic E-state index is -1.22. The van der Waals surface area contributed by atoms with Crippen molar-refractivity contribution in [3.63, 3.8) is 0 Å². The molecule has 3 rings (SSSR count). The fraction of sp³-hybridized carbons (Fsp3) is 0.316. The van der Waals surface area contributed by atoms with Crippen LogP contribution in [0.4, 0.5) is 24.7 Å². The number of hydrogen-bond acceptors (Lipinski definition) is 5. The normalized spacial score (nSPS) is 14.1. The van der Waals surface area contributed by atoms with Crippen LogP contribution >= 0.6 is 0 Å². The average Bonchev–Trinajstić information content (AvgIpc) is 2.68. The molecule has 1 aliphatic heterocycles. The second kappa shape index (κ2) is 8.91. The number of rotatable bonds is 5. The van der Waals surface area contributed by atoms with Crippen LogP contribution < -0.4 is 10.2 Å².